The number of benzene rings is 1. The van der Waals surface area contributed by atoms with Crippen molar-refractivity contribution in [3.05, 3.63) is 72.3 Å². The molecule has 2 fully saturated rings. The van der Waals surface area contributed by atoms with Crippen LogP contribution in [0.3, 0.4) is 0 Å². The average Bonchev–Trinajstić information content (AvgIpc) is 3.62. The SMILES string of the molecule is Cc1ccn(-c2cc(-c3cncnc3)ccc2C(Oc2cc(N3CCC4(CC3)CN[C@H](C(=O)O)C4)nc(C)n2)C(F)(F)F)n1. The van der Waals surface area contributed by atoms with Crippen LogP contribution in [-0.2, 0) is 4.79 Å². The lowest BCUT2D eigenvalue weighted by Gasteiger charge is -2.39. The maximum absolute atomic E-state index is 14.8. The molecule has 5 heterocycles. The summed E-state index contributed by atoms with van der Waals surface area (Å²) in [5, 5.41) is 16.8. The number of carbonyl (C=O) groups is 1. The van der Waals surface area contributed by atoms with Crippen molar-refractivity contribution < 1.29 is 27.8 Å². The molecular weight excluding hydrogens is 577 g/mol. The molecule has 3 aromatic heterocycles. The van der Waals surface area contributed by atoms with Gasteiger partial charge in [-0.25, -0.2) is 19.6 Å². The summed E-state index contributed by atoms with van der Waals surface area (Å²) >= 11 is 0. The molecule has 1 unspecified atom stereocenters. The molecule has 11 nitrogen and oxygen atoms in total. The number of carboxylic acid groups (broad SMARTS) is 1. The van der Waals surface area contributed by atoms with E-state index in [9.17, 15) is 23.1 Å². The quantitative estimate of drug-likeness (QED) is 0.310. The molecule has 230 valence electrons. The number of ether oxygens (including phenoxy) is 1. The molecule has 2 N–H and O–H groups in total. The largest absolute Gasteiger partial charge is 0.480 e. The zero-order valence-electron chi connectivity index (χ0n) is 24.1. The number of nitrogens with zero attached hydrogens (tertiary/aromatic N) is 7. The summed E-state index contributed by atoms with van der Waals surface area (Å²) < 4.78 is 51.3. The Labute approximate surface area is 251 Å². The van der Waals surface area contributed by atoms with E-state index >= 15 is 0 Å². The molecule has 2 atom stereocenters. The zero-order valence-corrected chi connectivity index (χ0v) is 24.1. The number of hydrogen-bond donors (Lipinski definition) is 2. The Balaban J connectivity index is 1.30. The molecule has 44 heavy (non-hydrogen) atoms. The number of anilines is 1. The van der Waals surface area contributed by atoms with E-state index in [1.165, 1.54) is 23.1 Å². The normalized spacial score (nSPS) is 18.8. The molecule has 0 saturated carbocycles. The van der Waals surface area contributed by atoms with Gasteiger partial charge in [0, 0.05) is 55.4 Å². The third-order valence-electron chi connectivity index (χ3n) is 8.32. The number of aliphatic carboxylic acids is 1. The second-order valence-corrected chi connectivity index (χ2v) is 11.4. The Kier molecular flexibility index (Phi) is 7.70. The highest BCUT2D eigenvalue weighted by Crippen LogP contribution is 2.42. The van der Waals surface area contributed by atoms with Gasteiger partial charge in [-0.15, -0.1) is 0 Å². The fraction of sp³-hybridized carbons (Fsp3) is 0.400. The monoisotopic (exact) mass is 608 g/mol. The lowest BCUT2D eigenvalue weighted by atomic mass is 9.76. The molecule has 2 aliphatic heterocycles. The highest BCUT2D eigenvalue weighted by atomic mass is 19.4. The summed E-state index contributed by atoms with van der Waals surface area (Å²) in [6.07, 6.45) is 1.02. The number of aryl methyl sites for hydroxylation is 2. The van der Waals surface area contributed by atoms with Gasteiger partial charge in [0.1, 0.15) is 24.0 Å². The van der Waals surface area contributed by atoms with Crippen LogP contribution in [-0.4, -0.2) is 72.6 Å². The number of nitrogens with one attached hydrogen (secondary N) is 1. The summed E-state index contributed by atoms with van der Waals surface area (Å²) in [6, 6.07) is 7.14. The van der Waals surface area contributed by atoms with Crippen LogP contribution in [0.15, 0.2) is 55.2 Å². The van der Waals surface area contributed by atoms with Gasteiger partial charge in [-0.05, 0) is 56.2 Å². The van der Waals surface area contributed by atoms with Gasteiger partial charge in [0.25, 0.3) is 0 Å². The summed E-state index contributed by atoms with van der Waals surface area (Å²) in [4.78, 5) is 30.2. The van der Waals surface area contributed by atoms with E-state index in [1.807, 2.05) is 4.90 Å². The first-order chi connectivity index (χ1) is 21.0. The Morgan fingerprint density at radius 3 is 2.48 bits per heavy atom. The van der Waals surface area contributed by atoms with E-state index < -0.39 is 24.3 Å². The lowest BCUT2D eigenvalue weighted by Crippen LogP contribution is -2.41. The second-order valence-electron chi connectivity index (χ2n) is 11.4. The van der Waals surface area contributed by atoms with Crippen molar-refractivity contribution in [2.45, 2.75) is 51.4 Å². The van der Waals surface area contributed by atoms with Gasteiger partial charge in [-0.3, -0.25) is 4.79 Å². The lowest BCUT2D eigenvalue weighted by molar-refractivity contribution is -0.198. The van der Waals surface area contributed by atoms with Crippen LogP contribution < -0.4 is 15.0 Å². The highest BCUT2D eigenvalue weighted by Gasteiger charge is 2.46. The van der Waals surface area contributed by atoms with Crippen LogP contribution in [0, 0.1) is 19.3 Å². The molecular formula is C30H31F3N8O3. The van der Waals surface area contributed by atoms with Gasteiger partial charge >= 0.3 is 12.1 Å². The number of carboxylic acids is 1. The summed E-state index contributed by atoms with van der Waals surface area (Å²) in [6.45, 7) is 5.15. The fourth-order valence-corrected chi connectivity index (χ4v) is 6.00. The molecule has 0 amide bonds. The number of hydrogen-bond acceptors (Lipinski definition) is 9. The van der Waals surface area contributed by atoms with Crippen LogP contribution >= 0.6 is 0 Å². The topological polar surface area (TPSA) is 131 Å². The standard InChI is InChI=1S/C30H31F3N8O3/c1-18-5-8-41(39-18)24-11-20(21-14-34-17-35-15-21)3-4-22(24)27(30(31,32)33)44-26-12-25(37-19(2)38-26)40-9-6-29(7-10-40)13-23(28(42)43)36-16-29/h3-5,8,11-12,14-15,17,23,27,36H,6-7,9-10,13,16H2,1-2H3,(H,42,43)/t23-,27?/m0/s1. The first-order valence-corrected chi connectivity index (χ1v) is 14.2. The number of alkyl halides is 3. The molecule has 1 spiro atoms. The first kappa shape index (κ1) is 29.5. The smallest absolute Gasteiger partial charge is 0.429 e. The van der Waals surface area contributed by atoms with Gasteiger partial charge in [-0.2, -0.15) is 23.3 Å². The van der Waals surface area contributed by atoms with Gasteiger partial charge < -0.3 is 20.1 Å². The maximum atomic E-state index is 14.8. The van der Waals surface area contributed by atoms with Crippen molar-refractivity contribution >= 4 is 11.8 Å². The predicted molar refractivity (Wildman–Crippen MR) is 153 cm³/mol. The second kappa shape index (κ2) is 11.5. The molecule has 0 aliphatic carbocycles. The van der Waals surface area contributed by atoms with Crippen LogP contribution in [0.4, 0.5) is 19.0 Å². The number of piperidine rings is 1. The minimum Gasteiger partial charge on any atom is -0.480 e. The van der Waals surface area contributed by atoms with Crippen molar-refractivity contribution in [3.63, 3.8) is 0 Å². The van der Waals surface area contributed by atoms with Crippen LogP contribution in [0.2, 0.25) is 0 Å². The summed E-state index contributed by atoms with van der Waals surface area (Å²) in [5.74, 6) is -0.320. The molecule has 6 rings (SSSR count). The van der Waals surface area contributed by atoms with E-state index in [0.717, 1.165) is 12.8 Å². The van der Waals surface area contributed by atoms with Crippen LogP contribution in [0.5, 0.6) is 5.88 Å². The average molecular weight is 609 g/mol. The van der Waals surface area contributed by atoms with E-state index in [4.69, 9.17) is 4.74 Å². The first-order valence-electron chi connectivity index (χ1n) is 14.2. The third kappa shape index (κ3) is 6.07. The molecule has 2 aliphatic rings. The number of aromatic nitrogens is 6. The zero-order chi connectivity index (χ0) is 31.1. The minimum absolute atomic E-state index is 0.123. The number of halogens is 3. The summed E-state index contributed by atoms with van der Waals surface area (Å²) in [7, 11) is 0. The molecule has 0 radical (unpaired) electrons. The van der Waals surface area contributed by atoms with Gasteiger partial charge in [0.15, 0.2) is 0 Å². The Morgan fingerprint density at radius 2 is 1.84 bits per heavy atom. The molecule has 0 bridgehead atoms. The van der Waals surface area contributed by atoms with Gasteiger partial charge in [0.2, 0.25) is 12.0 Å². The molecule has 1 aromatic carbocycles. The predicted octanol–water partition coefficient (Wildman–Crippen LogP) is 4.45. The van der Waals surface area contributed by atoms with E-state index in [2.05, 4.69) is 30.4 Å². The van der Waals surface area contributed by atoms with Crippen LogP contribution in [0.1, 0.15) is 42.4 Å². The molecule has 14 heteroatoms. The van der Waals surface area contributed by atoms with E-state index in [1.54, 1.807) is 50.6 Å². The Morgan fingerprint density at radius 1 is 1.09 bits per heavy atom. The van der Waals surface area contributed by atoms with Crippen molar-refractivity contribution in [2.24, 2.45) is 5.41 Å². The number of rotatable bonds is 7. The molecule has 2 saturated heterocycles. The molecule has 4 aromatic rings. The van der Waals surface area contributed by atoms with Crippen molar-refractivity contribution in [1.82, 2.24) is 35.0 Å². The van der Waals surface area contributed by atoms with E-state index in [0.29, 0.717) is 48.7 Å². The van der Waals surface area contributed by atoms with E-state index in [-0.39, 0.29) is 28.4 Å². The van der Waals surface area contributed by atoms with Gasteiger partial charge in [-0.1, -0.05) is 12.1 Å². The van der Waals surface area contributed by atoms with Crippen molar-refractivity contribution in [2.75, 3.05) is 24.5 Å². The van der Waals surface area contributed by atoms with Crippen LogP contribution in [0.25, 0.3) is 16.8 Å². The minimum atomic E-state index is -4.79. The van der Waals surface area contributed by atoms with Gasteiger partial charge in [0.05, 0.1) is 11.4 Å². The summed E-state index contributed by atoms with van der Waals surface area (Å²) in [5.41, 5.74) is 1.83. The fourth-order valence-electron chi connectivity index (χ4n) is 6.00. The van der Waals surface area contributed by atoms with Crippen molar-refractivity contribution in [3.8, 4) is 22.7 Å². The van der Waals surface area contributed by atoms with Crippen molar-refractivity contribution in [1.29, 1.82) is 0 Å². The maximum Gasteiger partial charge on any atom is 0.429 e. The Hall–Kier alpha value is -4.59. The highest BCUT2D eigenvalue weighted by molar-refractivity contribution is 5.74. The third-order valence-corrected chi connectivity index (χ3v) is 8.32. The Bertz CT molecular complexity index is 1650.